The number of nitrogens with zero attached hydrogens (tertiary/aromatic N) is 1. The van der Waals surface area contributed by atoms with E-state index in [0.717, 1.165) is 6.42 Å². The minimum absolute atomic E-state index is 0.0222. The first-order valence-corrected chi connectivity index (χ1v) is 4.63. The third-order valence-electron chi connectivity index (χ3n) is 2.48. The first kappa shape index (κ1) is 9.40. The van der Waals surface area contributed by atoms with Crippen molar-refractivity contribution in [1.82, 2.24) is 0 Å². The molecular formula is C10H12F2N2. The lowest BCUT2D eigenvalue weighted by atomic mass is 10.2. The van der Waals surface area contributed by atoms with E-state index < -0.39 is 11.6 Å². The number of halogens is 2. The standard InChI is InChI=1S/C10H12F2N2/c11-8-2-1-3-9(12)10(8)14-5-4-7(13)6-14/h1-3,7H,4-6,13H2/t7-/m0/s1. The van der Waals surface area contributed by atoms with Crippen LogP contribution in [0.5, 0.6) is 0 Å². The van der Waals surface area contributed by atoms with Crippen LogP contribution in [0.3, 0.4) is 0 Å². The molecule has 0 bridgehead atoms. The zero-order valence-corrected chi connectivity index (χ0v) is 7.71. The number of benzene rings is 1. The summed E-state index contributed by atoms with van der Waals surface area (Å²) in [5.41, 5.74) is 5.73. The minimum Gasteiger partial charge on any atom is -0.365 e. The fraction of sp³-hybridized carbons (Fsp3) is 0.400. The van der Waals surface area contributed by atoms with Crippen molar-refractivity contribution in [1.29, 1.82) is 0 Å². The summed E-state index contributed by atoms with van der Waals surface area (Å²) in [6.07, 6.45) is 0.785. The van der Waals surface area contributed by atoms with Gasteiger partial charge in [-0.05, 0) is 18.6 Å². The Morgan fingerprint density at radius 1 is 1.29 bits per heavy atom. The Morgan fingerprint density at radius 2 is 1.93 bits per heavy atom. The second-order valence-corrected chi connectivity index (χ2v) is 3.57. The van der Waals surface area contributed by atoms with Crippen LogP contribution in [-0.2, 0) is 0 Å². The molecule has 76 valence electrons. The van der Waals surface area contributed by atoms with Crippen molar-refractivity contribution < 1.29 is 8.78 Å². The van der Waals surface area contributed by atoms with Crippen LogP contribution in [0, 0.1) is 11.6 Å². The van der Waals surface area contributed by atoms with Crippen molar-refractivity contribution in [2.75, 3.05) is 18.0 Å². The van der Waals surface area contributed by atoms with E-state index in [0.29, 0.717) is 13.1 Å². The highest BCUT2D eigenvalue weighted by molar-refractivity contribution is 5.50. The van der Waals surface area contributed by atoms with Crippen LogP contribution < -0.4 is 10.6 Å². The molecule has 1 heterocycles. The summed E-state index contributed by atoms with van der Waals surface area (Å²) in [5.74, 6) is -1.03. The summed E-state index contributed by atoms with van der Waals surface area (Å²) >= 11 is 0. The van der Waals surface area contributed by atoms with Gasteiger partial charge in [-0.25, -0.2) is 8.78 Å². The molecule has 0 radical (unpaired) electrons. The second kappa shape index (κ2) is 3.53. The van der Waals surface area contributed by atoms with Crippen LogP contribution in [0.25, 0.3) is 0 Å². The van der Waals surface area contributed by atoms with Crippen molar-refractivity contribution in [3.8, 4) is 0 Å². The maximum absolute atomic E-state index is 13.3. The predicted molar refractivity (Wildman–Crippen MR) is 51.2 cm³/mol. The van der Waals surface area contributed by atoms with Crippen LogP contribution in [0.15, 0.2) is 18.2 Å². The van der Waals surface area contributed by atoms with Gasteiger partial charge >= 0.3 is 0 Å². The topological polar surface area (TPSA) is 29.3 Å². The van der Waals surface area contributed by atoms with E-state index in [4.69, 9.17) is 5.73 Å². The molecule has 0 spiro atoms. The van der Waals surface area contributed by atoms with Gasteiger partial charge in [0, 0.05) is 19.1 Å². The van der Waals surface area contributed by atoms with Crippen molar-refractivity contribution >= 4 is 5.69 Å². The highest BCUT2D eigenvalue weighted by atomic mass is 19.1. The molecular weight excluding hydrogens is 186 g/mol. The zero-order valence-electron chi connectivity index (χ0n) is 7.71. The average Bonchev–Trinajstić information content (AvgIpc) is 2.51. The molecule has 14 heavy (non-hydrogen) atoms. The highest BCUT2D eigenvalue weighted by Crippen LogP contribution is 2.25. The summed E-state index contributed by atoms with van der Waals surface area (Å²) in [7, 11) is 0. The Labute approximate surface area is 81.3 Å². The van der Waals surface area contributed by atoms with Crippen molar-refractivity contribution in [2.45, 2.75) is 12.5 Å². The summed E-state index contributed by atoms with van der Waals surface area (Å²) in [4.78, 5) is 1.66. The first-order valence-electron chi connectivity index (χ1n) is 4.63. The van der Waals surface area contributed by atoms with Gasteiger partial charge in [0.05, 0.1) is 0 Å². The molecule has 0 aliphatic carbocycles. The number of hydrogen-bond acceptors (Lipinski definition) is 2. The lowest BCUT2D eigenvalue weighted by molar-refractivity contribution is 0.577. The fourth-order valence-electron chi connectivity index (χ4n) is 1.78. The highest BCUT2D eigenvalue weighted by Gasteiger charge is 2.23. The number of para-hydroxylation sites is 1. The Morgan fingerprint density at radius 3 is 2.43 bits per heavy atom. The number of anilines is 1. The Hall–Kier alpha value is -1.16. The molecule has 2 nitrogen and oxygen atoms in total. The van der Waals surface area contributed by atoms with Crippen molar-refractivity contribution in [2.24, 2.45) is 5.73 Å². The Bertz CT molecular complexity index is 321. The predicted octanol–water partition coefficient (Wildman–Crippen LogP) is 1.50. The molecule has 2 rings (SSSR count). The molecule has 1 aromatic rings. The molecule has 1 saturated heterocycles. The van der Waals surface area contributed by atoms with Gasteiger partial charge in [-0.1, -0.05) is 6.07 Å². The zero-order chi connectivity index (χ0) is 10.1. The van der Waals surface area contributed by atoms with Crippen molar-refractivity contribution in [3.63, 3.8) is 0 Å². The molecule has 0 saturated carbocycles. The largest absolute Gasteiger partial charge is 0.365 e. The van der Waals surface area contributed by atoms with Gasteiger partial charge in [0.15, 0.2) is 0 Å². The first-order chi connectivity index (χ1) is 6.68. The maximum atomic E-state index is 13.3. The summed E-state index contributed by atoms with van der Waals surface area (Å²) in [6.45, 7) is 1.15. The van der Waals surface area contributed by atoms with E-state index >= 15 is 0 Å². The summed E-state index contributed by atoms with van der Waals surface area (Å²) in [6, 6.07) is 3.92. The van der Waals surface area contributed by atoms with E-state index in [9.17, 15) is 8.78 Å². The van der Waals surface area contributed by atoms with Crippen LogP contribution >= 0.6 is 0 Å². The molecule has 4 heteroatoms. The lowest BCUT2D eigenvalue weighted by Gasteiger charge is -2.19. The Kier molecular flexibility index (Phi) is 2.37. The van der Waals surface area contributed by atoms with E-state index in [1.807, 2.05) is 0 Å². The SMILES string of the molecule is N[C@H]1CCN(c2c(F)cccc2F)C1. The second-order valence-electron chi connectivity index (χ2n) is 3.57. The van der Waals surface area contributed by atoms with E-state index in [1.54, 1.807) is 4.90 Å². The molecule has 1 aromatic carbocycles. The van der Waals surface area contributed by atoms with E-state index in [2.05, 4.69) is 0 Å². The smallest absolute Gasteiger partial charge is 0.149 e. The van der Waals surface area contributed by atoms with Gasteiger partial charge in [0.25, 0.3) is 0 Å². The third-order valence-corrected chi connectivity index (χ3v) is 2.48. The molecule has 1 atom stereocenters. The number of rotatable bonds is 1. The molecule has 1 aliphatic heterocycles. The van der Waals surface area contributed by atoms with Gasteiger partial charge in [-0.2, -0.15) is 0 Å². The van der Waals surface area contributed by atoms with Crippen LogP contribution in [0.2, 0.25) is 0 Å². The van der Waals surface area contributed by atoms with Gasteiger partial charge in [0.2, 0.25) is 0 Å². The fourth-order valence-corrected chi connectivity index (χ4v) is 1.78. The van der Waals surface area contributed by atoms with Crippen LogP contribution in [-0.4, -0.2) is 19.1 Å². The van der Waals surface area contributed by atoms with Gasteiger partial charge < -0.3 is 10.6 Å². The molecule has 2 N–H and O–H groups in total. The third kappa shape index (κ3) is 1.57. The van der Waals surface area contributed by atoms with Gasteiger partial charge in [-0.15, -0.1) is 0 Å². The summed E-state index contributed by atoms with van der Waals surface area (Å²) < 4.78 is 26.6. The van der Waals surface area contributed by atoms with E-state index in [1.165, 1.54) is 18.2 Å². The Balaban J connectivity index is 2.31. The average molecular weight is 198 g/mol. The lowest BCUT2D eigenvalue weighted by Crippen LogP contribution is -2.27. The van der Waals surface area contributed by atoms with Crippen LogP contribution in [0.4, 0.5) is 14.5 Å². The van der Waals surface area contributed by atoms with Crippen molar-refractivity contribution in [3.05, 3.63) is 29.8 Å². The molecule has 0 amide bonds. The number of nitrogens with two attached hydrogens (primary N) is 1. The quantitative estimate of drug-likeness (QED) is 0.741. The van der Waals surface area contributed by atoms with Gasteiger partial charge in [-0.3, -0.25) is 0 Å². The normalized spacial score (nSPS) is 21.6. The minimum atomic E-state index is -0.515. The van der Waals surface area contributed by atoms with E-state index in [-0.39, 0.29) is 11.7 Å². The molecule has 1 aliphatic rings. The molecule has 0 unspecified atom stereocenters. The number of hydrogen-bond donors (Lipinski definition) is 1. The maximum Gasteiger partial charge on any atom is 0.149 e. The monoisotopic (exact) mass is 198 g/mol. The van der Waals surface area contributed by atoms with Crippen LogP contribution in [0.1, 0.15) is 6.42 Å². The molecule has 0 aromatic heterocycles. The van der Waals surface area contributed by atoms with Gasteiger partial charge in [0.1, 0.15) is 17.3 Å². The summed E-state index contributed by atoms with van der Waals surface area (Å²) in [5, 5.41) is 0. The molecule has 1 fully saturated rings.